The number of ether oxygens (including phenoxy) is 2. The largest absolute Gasteiger partial charge is 0.457 e. The zero-order valence-corrected chi connectivity index (χ0v) is 30.0. The molecule has 4 heterocycles. The number of imidazole rings is 1. The Bertz CT molecular complexity index is 1670. The minimum absolute atomic E-state index is 0.00521. The van der Waals surface area contributed by atoms with Gasteiger partial charge in [-0.05, 0) is 61.1 Å². The number of esters is 1. The predicted molar refractivity (Wildman–Crippen MR) is 186 cm³/mol. The number of anilines is 1. The van der Waals surface area contributed by atoms with Gasteiger partial charge in [0.1, 0.15) is 18.0 Å². The van der Waals surface area contributed by atoms with E-state index in [2.05, 4.69) is 10.3 Å². The Morgan fingerprint density at radius 2 is 1.80 bits per heavy atom. The van der Waals surface area contributed by atoms with Crippen molar-refractivity contribution in [2.75, 3.05) is 57.3 Å². The quantitative estimate of drug-likeness (QED) is 0.338. The van der Waals surface area contributed by atoms with Gasteiger partial charge in [0, 0.05) is 77.2 Å². The minimum Gasteiger partial charge on any atom is -0.457 e. The van der Waals surface area contributed by atoms with Crippen LogP contribution in [0.1, 0.15) is 45.6 Å². The smallest absolute Gasteiger partial charge is 0.410 e. The first kappa shape index (κ1) is 37.5. The Morgan fingerprint density at radius 1 is 1.08 bits per heavy atom. The third kappa shape index (κ3) is 9.50. The molecular formula is C35H49FN6O7S. The van der Waals surface area contributed by atoms with Crippen molar-refractivity contribution in [2.45, 2.75) is 63.4 Å². The van der Waals surface area contributed by atoms with Crippen LogP contribution in [0.25, 0.3) is 6.08 Å². The Morgan fingerprint density at radius 3 is 2.48 bits per heavy atom. The van der Waals surface area contributed by atoms with E-state index in [9.17, 15) is 23.1 Å². The van der Waals surface area contributed by atoms with Gasteiger partial charge in [-0.15, -0.1) is 0 Å². The van der Waals surface area contributed by atoms with Crippen LogP contribution in [0.15, 0.2) is 53.5 Å². The number of aryl methyl sites for hydroxylation is 1. The molecule has 2 saturated heterocycles. The van der Waals surface area contributed by atoms with Gasteiger partial charge in [-0.25, -0.2) is 22.6 Å². The Kier molecular flexibility index (Phi) is 12.4. The number of cyclic esters (lactones) is 1. The lowest BCUT2D eigenvalue weighted by Gasteiger charge is -2.35. The van der Waals surface area contributed by atoms with Crippen LogP contribution >= 0.6 is 0 Å². The van der Waals surface area contributed by atoms with Gasteiger partial charge in [-0.3, -0.25) is 4.79 Å². The molecule has 1 aromatic carbocycles. The van der Waals surface area contributed by atoms with E-state index >= 15 is 4.39 Å². The summed E-state index contributed by atoms with van der Waals surface area (Å²) in [6, 6.07) is 4.63. The normalized spacial score (nSPS) is 27.2. The fourth-order valence-corrected chi connectivity index (χ4v) is 7.92. The molecule has 2 fully saturated rings. The number of carbonyl (C=O) groups excluding carboxylic acids is 2. The first-order valence-electron chi connectivity index (χ1n) is 17.2. The van der Waals surface area contributed by atoms with Crippen LogP contribution in [-0.4, -0.2) is 115 Å². The van der Waals surface area contributed by atoms with Crippen LogP contribution in [0, 0.1) is 17.7 Å². The monoisotopic (exact) mass is 716 g/mol. The molecular weight excluding hydrogens is 667 g/mol. The number of hydrogen-bond acceptors (Lipinski definition) is 10. The SMILES string of the molecule is C/C(=C\c1cc(F)cc(N2CCN(S(=O)(=O)c3cn(C)cn3)CC2)c1)[C@H]1OC(=O)C[C@H](O)CC[C@H](C)[C@@H](OC(=O)N2CCNCC2)/C=C\[C@@H]1C. The molecule has 3 aliphatic rings. The van der Waals surface area contributed by atoms with Crippen LogP contribution in [-0.2, 0) is 31.3 Å². The highest BCUT2D eigenvalue weighted by Crippen LogP contribution is 2.28. The second-order valence-electron chi connectivity index (χ2n) is 13.6. The fraction of sp³-hybridized carbons (Fsp3) is 0.571. The van der Waals surface area contributed by atoms with Crippen LogP contribution < -0.4 is 10.2 Å². The van der Waals surface area contributed by atoms with E-state index in [1.165, 1.54) is 29.0 Å². The van der Waals surface area contributed by atoms with Crippen molar-refractivity contribution in [1.82, 2.24) is 24.1 Å². The van der Waals surface area contributed by atoms with Crippen LogP contribution in [0.3, 0.4) is 0 Å². The molecule has 5 atom stereocenters. The van der Waals surface area contributed by atoms with Crippen LogP contribution in [0.5, 0.6) is 0 Å². The van der Waals surface area contributed by atoms with E-state index in [-0.39, 0.29) is 42.5 Å². The molecule has 0 spiro atoms. The van der Waals surface area contributed by atoms with Gasteiger partial charge in [0.05, 0.1) is 18.9 Å². The minimum atomic E-state index is -3.74. The molecule has 15 heteroatoms. The summed E-state index contributed by atoms with van der Waals surface area (Å²) in [6.45, 7) is 9.35. The number of halogens is 1. The molecule has 13 nitrogen and oxygen atoms in total. The molecule has 0 saturated carbocycles. The number of aromatic nitrogens is 2. The van der Waals surface area contributed by atoms with Crippen molar-refractivity contribution in [3.05, 3.63) is 59.8 Å². The number of aliphatic hydroxyl groups excluding tert-OH is 1. The third-order valence-electron chi connectivity index (χ3n) is 9.51. The summed E-state index contributed by atoms with van der Waals surface area (Å²) >= 11 is 0. The summed E-state index contributed by atoms with van der Waals surface area (Å²) in [5.41, 5.74) is 1.82. The molecule has 50 heavy (non-hydrogen) atoms. The van der Waals surface area contributed by atoms with Gasteiger partial charge in [0.15, 0.2) is 5.03 Å². The first-order chi connectivity index (χ1) is 23.8. The highest BCUT2D eigenvalue weighted by molar-refractivity contribution is 7.89. The van der Waals surface area contributed by atoms with Crippen LogP contribution in [0.2, 0.25) is 0 Å². The van der Waals surface area contributed by atoms with Crippen molar-refractivity contribution >= 4 is 33.8 Å². The maximum Gasteiger partial charge on any atom is 0.410 e. The number of nitrogens with zero attached hydrogens (tertiary/aromatic N) is 5. The van der Waals surface area contributed by atoms with Crippen molar-refractivity contribution < 1.29 is 37.0 Å². The lowest BCUT2D eigenvalue weighted by atomic mass is 9.91. The predicted octanol–water partition coefficient (Wildman–Crippen LogP) is 3.17. The van der Waals surface area contributed by atoms with Gasteiger partial charge in [-0.1, -0.05) is 26.0 Å². The molecule has 3 aliphatic heterocycles. The molecule has 0 unspecified atom stereocenters. The van der Waals surface area contributed by atoms with Crippen LogP contribution in [0.4, 0.5) is 14.9 Å². The number of nitrogens with one attached hydrogen (secondary N) is 1. The second kappa shape index (κ2) is 16.5. The summed E-state index contributed by atoms with van der Waals surface area (Å²) in [4.78, 5) is 33.6. The zero-order chi connectivity index (χ0) is 36.0. The van der Waals surface area contributed by atoms with Gasteiger partial charge in [0.2, 0.25) is 0 Å². The van der Waals surface area contributed by atoms with E-state index in [1.54, 1.807) is 29.5 Å². The first-order valence-corrected chi connectivity index (χ1v) is 18.7. The fourth-order valence-electron chi connectivity index (χ4n) is 6.54. The Labute approximate surface area is 293 Å². The lowest BCUT2D eigenvalue weighted by molar-refractivity contribution is -0.151. The molecule has 2 N–H and O–H groups in total. The summed E-state index contributed by atoms with van der Waals surface area (Å²) in [5, 5.41) is 13.9. The van der Waals surface area contributed by atoms with Crippen molar-refractivity contribution in [2.24, 2.45) is 18.9 Å². The second-order valence-corrected chi connectivity index (χ2v) is 15.4. The summed E-state index contributed by atoms with van der Waals surface area (Å²) in [7, 11) is -2.03. The molecule has 1 amide bonds. The molecule has 0 aliphatic carbocycles. The molecule has 0 radical (unpaired) electrons. The zero-order valence-electron chi connectivity index (χ0n) is 29.2. The Hall–Kier alpha value is -3.79. The highest BCUT2D eigenvalue weighted by atomic mass is 32.2. The standard InChI is InChI=1S/C35H49FN6O7S/c1-24-5-7-30(43)21-33(44)49-34(25(2)6-8-31(24)48-35(45)41-11-9-37-10-12-41)26(3)17-27-18-28(36)20-29(19-27)40-13-15-42(16-14-40)50(46,47)32-22-39(4)23-38-32/h6,8,17-20,22-25,30-31,34,37,43H,5,7,9-16,21H2,1-4H3/b8-6-,26-17+/t24-,25-,30+,31-,34-/m0/s1. The number of aliphatic hydroxyl groups is 1. The maximum atomic E-state index is 15.0. The average Bonchev–Trinajstić information content (AvgIpc) is 3.54. The third-order valence-corrected chi connectivity index (χ3v) is 11.3. The molecule has 2 aromatic rings. The van der Waals surface area contributed by atoms with E-state index < -0.39 is 40.1 Å². The number of piperazine rings is 2. The van der Waals surface area contributed by atoms with Gasteiger partial charge in [0.25, 0.3) is 10.0 Å². The number of rotatable bonds is 6. The summed E-state index contributed by atoms with van der Waals surface area (Å²) in [5.74, 6) is -1.45. The lowest BCUT2D eigenvalue weighted by Crippen LogP contribution is -2.48. The highest BCUT2D eigenvalue weighted by Gasteiger charge is 2.31. The van der Waals surface area contributed by atoms with E-state index in [4.69, 9.17) is 9.47 Å². The summed E-state index contributed by atoms with van der Waals surface area (Å²) in [6.07, 6.45) is 6.54. The van der Waals surface area contributed by atoms with Crippen molar-refractivity contribution in [3.8, 4) is 0 Å². The summed E-state index contributed by atoms with van der Waals surface area (Å²) < 4.78 is 56.0. The van der Waals surface area contributed by atoms with Gasteiger partial charge < -0.3 is 34.3 Å². The Balaban J connectivity index is 1.33. The number of benzene rings is 1. The molecule has 5 rings (SSSR count). The molecule has 0 bridgehead atoms. The van der Waals surface area contributed by atoms with E-state index in [0.29, 0.717) is 68.9 Å². The van der Waals surface area contributed by atoms with Gasteiger partial charge in [-0.2, -0.15) is 4.31 Å². The van der Waals surface area contributed by atoms with E-state index in [0.717, 1.165) is 0 Å². The van der Waals surface area contributed by atoms with Crippen molar-refractivity contribution in [3.63, 3.8) is 0 Å². The topological polar surface area (TPSA) is 147 Å². The number of carbonyl (C=O) groups is 2. The molecule has 1 aromatic heterocycles. The van der Waals surface area contributed by atoms with E-state index in [1.807, 2.05) is 37.0 Å². The molecule has 274 valence electrons. The number of hydrogen-bond donors (Lipinski definition) is 2. The van der Waals surface area contributed by atoms with Crippen molar-refractivity contribution in [1.29, 1.82) is 0 Å². The number of sulfonamides is 1. The average molecular weight is 717 g/mol. The number of amides is 1. The van der Waals surface area contributed by atoms with Gasteiger partial charge >= 0.3 is 12.1 Å². The maximum absolute atomic E-state index is 15.0.